The molecule has 0 spiro atoms. The molecule has 166 valence electrons. The lowest BCUT2D eigenvalue weighted by atomic mass is 10.1. The quantitative estimate of drug-likeness (QED) is 0.253. The number of halogens is 4. The van der Waals surface area contributed by atoms with Crippen LogP contribution in [0.1, 0.15) is 16.8 Å². The number of rotatable bonds is 7. The molecule has 1 aromatic heterocycles. The summed E-state index contributed by atoms with van der Waals surface area (Å²) in [6.07, 6.45) is -2.51. The van der Waals surface area contributed by atoms with E-state index in [2.05, 4.69) is 20.0 Å². The Morgan fingerprint density at radius 2 is 1.81 bits per heavy atom. The second kappa shape index (κ2) is 11.0. The van der Waals surface area contributed by atoms with Crippen LogP contribution in [-0.4, -0.2) is 23.9 Å². The van der Waals surface area contributed by atoms with E-state index in [1.54, 1.807) is 6.26 Å². The summed E-state index contributed by atoms with van der Waals surface area (Å²) in [4.78, 5) is 8.62. The van der Waals surface area contributed by atoms with Crippen LogP contribution >= 0.6 is 24.0 Å². The zero-order valence-corrected chi connectivity index (χ0v) is 19.0. The third kappa shape index (κ3) is 8.12. The zero-order chi connectivity index (χ0) is 21.6. The number of ether oxygens (including phenoxy) is 1. The maximum absolute atomic E-state index is 12.2. The second-order valence-corrected chi connectivity index (χ2v) is 6.58. The van der Waals surface area contributed by atoms with Crippen LogP contribution in [0.2, 0.25) is 0 Å². The van der Waals surface area contributed by atoms with Gasteiger partial charge in [0.05, 0.1) is 12.2 Å². The molecule has 0 aliphatic rings. The molecule has 10 heteroatoms. The third-order valence-electron chi connectivity index (χ3n) is 4.13. The molecule has 0 saturated carbocycles. The SMILES string of the molecule is Cc1ccc(-c2nc(CCNC(N)=NCc3ccc(OC(F)(F)F)cc3)co2)cc1.I. The molecule has 0 aliphatic heterocycles. The number of hydrogen-bond donors (Lipinski definition) is 2. The number of aliphatic imine (C=N–C) groups is 1. The zero-order valence-electron chi connectivity index (χ0n) is 16.6. The lowest BCUT2D eigenvalue weighted by molar-refractivity contribution is -0.274. The molecule has 0 radical (unpaired) electrons. The molecular formula is C21H22F3IN4O2. The predicted octanol–water partition coefficient (Wildman–Crippen LogP) is 4.81. The minimum absolute atomic E-state index is 0. The number of nitrogens with two attached hydrogens (primary N) is 1. The van der Waals surface area contributed by atoms with Crippen molar-refractivity contribution in [3.8, 4) is 17.2 Å². The number of aromatic nitrogens is 1. The average molecular weight is 546 g/mol. The fourth-order valence-corrected chi connectivity index (χ4v) is 2.60. The minimum atomic E-state index is -4.71. The fourth-order valence-electron chi connectivity index (χ4n) is 2.60. The summed E-state index contributed by atoms with van der Waals surface area (Å²) in [6, 6.07) is 13.4. The van der Waals surface area contributed by atoms with Crippen molar-refractivity contribution in [1.29, 1.82) is 0 Å². The van der Waals surface area contributed by atoms with Gasteiger partial charge in [-0.05, 0) is 36.8 Å². The van der Waals surface area contributed by atoms with Gasteiger partial charge in [-0.1, -0.05) is 29.8 Å². The van der Waals surface area contributed by atoms with Gasteiger partial charge >= 0.3 is 6.36 Å². The molecule has 0 atom stereocenters. The Kier molecular flexibility index (Phi) is 8.72. The highest BCUT2D eigenvalue weighted by atomic mass is 127. The molecule has 1 heterocycles. The van der Waals surface area contributed by atoms with Gasteiger partial charge in [-0.15, -0.1) is 37.1 Å². The van der Waals surface area contributed by atoms with Gasteiger partial charge in [-0.2, -0.15) is 0 Å². The molecule has 3 N–H and O–H groups in total. The molecular weight excluding hydrogens is 524 g/mol. The Morgan fingerprint density at radius 1 is 1.13 bits per heavy atom. The average Bonchev–Trinajstić information content (AvgIpc) is 3.16. The molecule has 0 saturated heterocycles. The van der Waals surface area contributed by atoms with Gasteiger partial charge in [0.1, 0.15) is 12.0 Å². The lowest BCUT2D eigenvalue weighted by Crippen LogP contribution is -2.33. The summed E-state index contributed by atoms with van der Waals surface area (Å²) in [6.45, 7) is 2.75. The molecule has 3 aromatic rings. The number of guanidine groups is 1. The normalized spacial score (nSPS) is 11.7. The monoisotopic (exact) mass is 546 g/mol. The Labute approximate surface area is 194 Å². The molecule has 0 aliphatic carbocycles. The van der Waals surface area contributed by atoms with Gasteiger partial charge in [0.2, 0.25) is 5.89 Å². The van der Waals surface area contributed by atoms with Crippen LogP contribution in [0.5, 0.6) is 5.75 Å². The van der Waals surface area contributed by atoms with Gasteiger partial charge in [-0.3, -0.25) is 0 Å². The van der Waals surface area contributed by atoms with E-state index >= 15 is 0 Å². The number of nitrogens with zero attached hydrogens (tertiary/aromatic N) is 2. The van der Waals surface area contributed by atoms with Gasteiger partial charge < -0.3 is 20.2 Å². The summed E-state index contributed by atoms with van der Waals surface area (Å²) in [5, 5.41) is 2.97. The maximum atomic E-state index is 12.2. The summed E-state index contributed by atoms with van der Waals surface area (Å²) in [5.74, 6) is 0.511. The van der Waals surface area contributed by atoms with E-state index in [1.807, 2.05) is 31.2 Å². The molecule has 6 nitrogen and oxygen atoms in total. The highest BCUT2D eigenvalue weighted by molar-refractivity contribution is 14.0. The fraction of sp³-hybridized carbons (Fsp3) is 0.238. The van der Waals surface area contributed by atoms with Gasteiger partial charge in [0.15, 0.2) is 5.96 Å². The van der Waals surface area contributed by atoms with Crippen LogP contribution < -0.4 is 15.8 Å². The van der Waals surface area contributed by atoms with E-state index in [9.17, 15) is 13.2 Å². The summed E-state index contributed by atoms with van der Waals surface area (Å²) in [7, 11) is 0. The van der Waals surface area contributed by atoms with E-state index in [1.165, 1.54) is 24.3 Å². The first-order valence-corrected chi connectivity index (χ1v) is 9.18. The molecule has 0 amide bonds. The van der Waals surface area contributed by atoms with Crippen molar-refractivity contribution < 1.29 is 22.3 Å². The van der Waals surface area contributed by atoms with Crippen molar-refractivity contribution in [3.05, 3.63) is 71.6 Å². The van der Waals surface area contributed by atoms with Crippen LogP contribution in [0.15, 0.2) is 64.2 Å². The number of nitrogens with one attached hydrogen (secondary N) is 1. The Morgan fingerprint density at radius 3 is 2.45 bits per heavy atom. The summed E-state index contributed by atoms with van der Waals surface area (Å²) >= 11 is 0. The lowest BCUT2D eigenvalue weighted by Gasteiger charge is -2.09. The molecule has 0 fully saturated rings. The van der Waals surface area contributed by atoms with E-state index < -0.39 is 6.36 Å². The second-order valence-electron chi connectivity index (χ2n) is 6.58. The first-order chi connectivity index (χ1) is 14.3. The van der Waals surface area contributed by atoms with Crippen molar-refractivity contribution in [1.82, 2.24) is 10.3 Å². The minimum Gasteiger partial charge on any atom is -0.444 e. The van der Waals surface area contributed by atoms with Crippen molar-refractivity contribution >= 4 is 29.9 Å². The van der Waals surface area contributed by atoms with E-state index in [0.29, 0.717) is 24.4 Å². The summed E-state index contributed by atoms with van der Waals surface area (Å²) in [5.41, 5.74) is 9.39. The van der Waals surface area contributed by atoms with Gasteiger partial charge in [0, 0.05) is 18.5 Å². The molecule has 0 unspecified atom stereocenters. The number of oxazole rings is 1. The van der Waals surface area contributed by atoms with E-state index in [4.69, 9.17) is 10.2 Å². The molecule has 2 aromatic carbocycles. The number of alkyl halides is 3. The topological polar surface area (TPSA) is 85.7 Å². The number of benzene rings is 2. The van der Waals surface area contributed by atoms with Crippen LogP contribution in [0, 0.1) is 6.92 Å². The van der Waals surface area contributed by atoms with Gasteiger partial charge in [0.25, 0.3) is 0 Å². The van der Waals surface area contributed by atoms with E-state index in [0.717, 1.165) is 16.8 Å². The smallest absolute Gasteiger partial charge is 0.444 e. The number of aryl methyl sites for hydroxylation is 1. The Balaban J connectivity index is 0.00000341. The summed E-state index contributed by atoms with van der Waals surface area (Å²) < 4.78 is 45.8. The Bertz CT molecular complexity index is 987. The Hall–Kier alpha value is -2.76. The predicted molar refractivity (Wildman–Crippen MR) is 122 cm³/mol. The first-order valence-electron chi connectivity index (χ1n) is 9.18. The molecule has 0 bridgehead atoms. The van der Waals surface area contributed by atoms with E-state index in [-0.39, 0.29) is 42.2 Å². The van der Waals surface area contributed by atoms with Crippen molar-refractivity contribution in [2.75, 3.05) is 6.54 Å². The van der Waals surface area contributed by atoms with Crippen LogP contribution in [0.3, 0.4) is 0 Å². The standard InChI is InChI=1S/C21H21F3N4O2.HI/c1-14-2-6-16(7-3-14)19-28-17(13-29-19)10-11-26-20(25)27-12-15-4-8-18(9-5-15)30-21(22,23)24;/h2-9,13H,10-12H2,1H3,(H3,25,26,27);1H. The maximum Gasteiger partial charge on any atom is 0.573 e. The third-order valence-corrected chi connectivity index (χ3v) is 4.13. The molecule has 3 rings (SSSR count). The highest BCUT2D eigenvalue weighted by Gasteiger charge is 2.30. The van der Waals surface area contributed by atoms with Crippen molar-refractivity contribution in [2.24, 2.45) is 10.7 Å². The van der Waals surface area contributed by atoms with Gasteiger partial charge in [-0.25, -0.2) is 9.98 Å². The van der Waals surface area contributed by atoms with Crippen molar-refractivity contribution in [2.45, 2.75) is 26.3 Å². The number of hydrogen-bond acceptors (Lipinski definition) is 4. The van der Waals surface area contributed by atoms with Crippen LogP contribution in [0.4, 0.5) is 13.2 Å². The first kappa shape index (κ1) is 24.5. The van der Waals surface area contributed by atoms with Crippen molar-refractivity contribution in [3.63, 3.8) is 0 Å². The largest absolute Gasteiger partial charge is 0.573 e. The molecule has 31 heavy (non-hydrogen) atoms. The highest BCUT2D eigenvalue weighted by Crippen LogP contribution is 2.23. The van der Waals surface area contributed by atoms with Crippen LogP contribution in [-0.2, 0) is 13.0 Å². The van der Waals surface area contributed by atoms with Crippen LogP contribution in [0.25, 0.3) is 11.5 Å².